The third-order valence-electron chi connectivity index (χ3n) is 6.81. The second-order valence-corrected chi connectivity index (χ2v) is 10.5. The number of ketones is 1. The van der Waals surface area contributed by atoms with Crippen LogP contribution in [0.25, 0.3) is 0 Å². The van der Waals surface area contributed by atoms with Gasteiger partial charge in [-0.1, -0.05) is 19.7 Å². The first kappa shape index (κ1) is 25.0. The Balaban J connectivity index is 1.43. The highest BCUT2D eigenvalue weighted by atomic mass is 32.1. The highest BCUT2D eigenvalue weighted by molar-refractivity contribution is 7.10. The monoisotopic (exact) mass is 483 g/mol. The average molecular weight is 483 g/mol. The van der Waals surface area contributed by atoms with Crippen molar-refractivity contribution in [3.63, 3.8) is 0 Å². The van der Waals surface area contributed by atoms with Crippen molar-refractivity contribution in [3.8, 4) is 0 Å². The van der Waals surface area contributed by atoms with Crippen molar-refractivity contribution in [1.82, 2.24) is 20.0 Å². The van der Waals surface area contributed by atoms with Crippen LogP contribution < -0.4 is 5.32 Å². The zero-order chi connectivity index (χ0) is 24.2. The Morgan fingerprint density at radius 1 is 1.15 bits per heavy atom. The Bertz CT molecular complexity index is 991. The topological polar surface area (TPSA) is 65.5 Å². The molecule has 0 spiro atoms. The smallest absolute Gasteiger partial charge is 0.240 e. The fourth-order valence-corrected chi connectivity index (χ4v) is 6.09. The molecule has 34 heavy (non-hydrogen) atoms. The van der Waals surface area contributed by atoms with Crippen molar-refractivity contribution in [2.75, 3.05) is 26.7 Å². The zero-order valence-corrected chi connectivity index (χ0v) is 21.0. The number of aromatic nitrogens is 1. The Kier molecular flexibility index (Phi) is 8.16. The number of carbonyl (C=O) groups is 2. The van der Waals surface area contributed by atoms with Gasteiger partial charge in [-0.15, -0.1) is 11.3 Å². The van der Waals surface area contributed by atoms with Gasteiger partial charge in [0.25, 0.3) is 0 Å². The van der Waals surface area contributed by atoms with Crippen LogP contribution in [0.5, 0.6) is 0 Å². The molecule has 4 rings (SSSR count). The van der Waals surface area contributed by atoms with Gasteiger partial charge in [-0.2, -0.15) is 0 Å². The van der Waals surface area contributed by atoms with Crippen LogP contribution in [0, 0.1) is 11.7 Å². The molecule has 9 heteroatoms. The summed E-state index contributed by atoms with van der Waals surface area (Å²) in [5.41, 5.74) is 0.763. The summed E-state index contributed by atoms with van der Waals surface area (Å²) in [4.78, 5) is 35.4. The van der Waals surface area contributed by atoms with Gasteiger partial charge in [-0.05, 0) is 76.0 Å². The maximum absolute atomic E-state index is 13.6. The molecule has 0 bridgehead atoms. The minimum absolute atomic E-state index is 0.0996. The minimum Gasteiger partial charge on any atom is -0.346 e. The Labute approximate surface area is 206 Å². The second-order valence-electron chi connectivity index (χ2n) is 9.63. The van der Waals surface area contributed by atoms with Crippen LogP contribution in [0.2, 0.25) is 5.82 Å². The van der Waals surface area contributed by atoms with Gasteiger partial charge in [-0.25, -0.2) is 9.37 Å². The predicted molar refractivity (Wildman–Crippen MR) is 134 cm³/mol. The number of carbonyl (C=O) groups excluding carboxylic acids is 2. The lowest BCUT2D eigenvalue weighted by molar-refractivity contribution is -0.136. The summed E-state index contributed by atoms with van der Waals surface area (Å²) < 4.78 is 13.2. The van der Waals surface area contributed by atoms with Gasteiger partial charge >= 0.3 is 0 Å². The standard InChI is InChI=1S/C25H33BFN4O2S/c1-16(2)26-30-13-10-17(11-14-30)22(28-3)25(33)31-12-4-5-21(31)24-29-20(15-34-24)23(32)18-6-8-19(27)9-7-18/h6-9,15-17,21-22,28H,4-5,10-14H2,1-3H3. The van der Waals surface area contributed by atoms with Crippen molar-refractivity contribution in [1.29, 1.82) is 0 Å². The number of rotatable bonds is 8. The molecule has 1 aromatic heterocycles. The van der Waals surface area contributed by atoms with Crippen molar-refractivity contribution in [3.05, 3.63) is 51.7 Å². The van der Waals surface area contributed by atoms with Crippen molar-refractivity contribution >= 4 is 30.4 Å². The highest BCUT2D eigenvalue weighted by Gasteiger charge is 2.39. The molecule has 2 unspecified atom stereocenters. The zero-order valence-electron chi connectivity index (χ0n) is 20.2. The van der Waals surface area contributed by atoms with E-state index < -0.39 is 0 Å². The first-order valence-electron chi connectivity index (χ1n) is 12.2. The van der Waals surface area contributed by atoms with E-state index in [4.69, 9.17) is 0 Å². The molecule has 2 atom stereocenters. The molecule has 1 aromatic carbocycles. The van der Waals surface area contributed by atoms with Crippen molar-refractivity contribution in [2.45, 2.75) is 57.4 Å². The Morgan fingerprint density at radius 3 is 2.50 bits per heavy atom. The van der Waals surface area contributed by atoms with E-state index in [2.05, 4.69) is 36.4 Å². The number of benzene rings is 1. The number of hydrogen-bond acceptors (Lipinski definition) is 6. The van der Waals surface area contributed by atoms with Gasteiger partial charge in [-0.3, -0.25) is 9.59 Å². The largest absolute Gasteiger partial charge is 0.346 e. The maximum atomic E-state index is 13.6. The summed E-state index contributed by atoms with van der Waals surface area (Å²) in [6.45, 7) is 7.06. The van der Waals surface area contributed by atoms with Crippen LogP contribution in [-0.2, 0) is 4.79 Å². The third kappa shape index (κ3) is 5.58. The Morgan fingerprint density at radius 2 is 1.85 bits per heavy atom. The molecular weight excluding hydrogens is 450 g/mol. The van der Waals surface area contributed by atoms with E-state index in [9.17, 15) is 14.0 Å². The number of thiazole rings is 1. The lowest BCUT2D eigenvalue weighted by Gasteiger charge is -2.38. The third-order valence-corrected chi connectivity index (χ3v) is 7.76. The van der Waals surface area contributed by atoms with Gasteiger partial charge in [0.2, 0.25) is 19.1 Å². The summed E-state index contributed by atoms with van der Waals surface area (Å²) in [5.74, 6) is 0.372. The molecule has 1 N–H and O–H groups in total. The number of likely N-dealkylation sites (N-methyl/N-ethyl adjacent to an activating group) is 1. The van der Waals surface area contributed by atoms with E-state index >= 15 is 0 Å². The molecule has 2 saturated heterocycles. The molecule has 3 heterocycles. The van der Waals surface area contributed by atoms with Crippen LogP contribution in [0.15, 0.2) is 29.6 Å². The minimum atomic E-state index is -0.376. The molecule has 181 valence electrons. The van der Waals surface area contributed by atoms with E-state index in [1.807, 2.05) is 11.9 Å². The van der Waals surface area contributed by atoms with Crippen LogP contribution in [0.4, 0.5) is 4.39 Å². The summed E-state index contributed by atoms with van der Waals surface area (Å²) in [6.07, 6.45) is 3.76. The van der Waals surface area contributed by atoms with Crippen LogP contribution in [-0.4, -0.2) is 66.5 Å². The highest BCUT2D eigenvalue weighted by Crippen LogP contribution is 2.36. The summed E-state index contributed by atoms with van der Waals surface area (Å²) >= 11 is 1.42. The fraction of sp³-hybridized carbons (Fsp3) is 0.560. The molecule has 6 nitrogen and oxygen atoms in total. The van der Waals surface area contributed by atoms with Crippen molar-refractivity contribution in [2.24, 2.45) is 5.92 Å². The number of piperidine rings is 1. The molecule has 0 aliphatic carbocycles. The van der Waals surface area contributed by atoms with Gasteiger partial charge in [0.15, 0.2) is 0 Å². The Hall–Kier alpha value is -2.10. The van der Waals surface area contributed by atoms with Crippen LogP contribution in [0.3, 0.4) is 0 Å². The molecule has 2 aromatic rings. The maximum Gasteiger partial charge on any atom is 0.240 e. The SMILES string of the molecule is CNC(C(=O)N1CCCC1c1nc(C(=O)c2ccc(F)cc2)cs1)C1CCN([B]C(C)C)CC1. The van der Waals surface area contributed by atoms with Crippen LogP contribution >= 0.6 is 11.3 Å². The number of amides is 1. The number of likely N-dealkylation sites (tertiary alicyclic amines) is 1. The molecule has 1 amide bonds. The number of halogens is 1. The summed E-state index contributed by atoms with van der Waals surface area (Å²) in [7, 11) is 4.17. The number of hydrogen-bond donors (Lipinski definition) is 1. The average Bonchev–Trinajstić information content (AvgIpc) is 3.50. The normalized spacial score (nSPS) is 20.6. The van der Waals surface area contributed by atoms with E-state index in [1.165, 1.54) is 35.6 Å². The first-order valence-corrected chi connectivity index (χ1v) is 13.1. The molecular formula is C25H33BFN4O2S. The molecule has 1 radical (unpaired) electrons. The van der Waals surface area contributed by atoms with Gasteiger partial charge in [0.1, 0.15) is 16.5 Å². The van der Waals surface area contributed by atoms with E-state index in [1.54, 1.807) is 5.38 Å². The van der Waals surface area contributed by atoms with Gasteiger partial charge in [0.05, 0.1) is 12.1 Å². The fourth-order valence-electron chi connectivity index (χ4n) is 5.14. The van der Waals surface area contributed by atoms with Crippen molar-refractivity contribution < 1.29 is 14.0 Å². The molecule has 2 aliphatic rings. The second kappa shape index (κ2) is 11.1. The quantitative estimate of drug-likeness (QED) is 0.456. The van der Waals surface area contributed by atoms with E-state index in [0.717, 1.165) is 43.8 Å². The van der Waals surface area contributed by atoms with Gasteiger partial charge in [0, 0.05) is 17.5 Å². The molecule has 2 aliphatic heterocycles. The van der Waals surface area contributed by atoms with E-state index in [0.29, 0.717) is 29.5 Å². The molecule has 0 saturated carbocycles. The summed E-state index contributed by atoms with van der Waals surface area (Å²) in [6, 6.07) is 5.20. The van der Waals surface area contributed by atoms with Gasteiger partial charge < -0.3 is 15.0 Å². The first-order chi connectivity index (χ1) is 16.4. The van der Waals surface area contributed by atoms with E-state index in [-0.39, 0.29) is 29.6 Å². The predicted octanol–water partition coefficient (Wildman–Crippen LogP) is 3.92. The number of nitrogens with one attached hydrogen (secondary N) is 1. The lowest BCUT2D eigenvalue weighted by atomic mass is 9.73. The summed E-state index contributed by atoms with van der Waals surface area (Å²) in [5, 5.41) is 5.85. The molecule has 2 fully saturated rings. The van der Waals surface area contributed by atoms with Crippen LogP contribution in [0.1, 0.15) is 66.6 Å². The number of nitrogens with zero attached hydrogens (tertiary/aromatic N) is 3. The lowest BCUT2D eigenvalue weighted by Crippen LogP contribution is -2.52.